The average molecular weight is 233 g/mol. The number of hydrogen-bond donors (Lipinski definition) is 0. The maximum absolute atomic E-state index is 11.9. The lowest BCUT2D eigenvalue weighted by molar-refractivity contribution is -0.132. The molecule has 0 radical (unpaired) electrons. The second kappa shape index (κ2) is 5.71. The number of likely N-dealkylation sites (N-methyl/N-ethyl adjacent to an activating group) is 1. The Morgan fingerprint density at radius 3 is 2.73 bits per heavy atom. The predicted molar refractivity (Wildman–Crippen MR) is 63.2 cm³/mol. The van der Waals surface area contributed by atoms with Crippen LogP contribution in [0, 0.1) is 0 Å². The molecule has 0 aromatic carbocycles. The topological polar surface area (TPSA) is 23.6 Å². The van der Waals surface area contributed by atoms with Gasteiger partial charge < -0.3 is 9.80 Å². The van der Waals surface area contributed by atoms with Crippen molar-refractivity contribution < 1.29 is 4.79 Å². The van der Waals surface area contributed by atoms with E-state index in [1.54, 1.807) is 6.92 Å². The third kappa shape index (κ3) is 3.35. The standard InChI is InChI=1S/C11H21ClN2O/c1-4-10-8-13(3)6-5-7-14(10)11(15)9(2)12/h9-10H,4-8H2,1-3H3. The summed E-state index contributed by atoms with van der Waals surface area (Å²) in [4.78, 5) is 16.2. The molecule has 0 saturated carbocycles. The third-order valence-corrected chi connectivity index (χ3v) is 3.18. The first-order chi connectivity index (χ1) is 7.06. The molecule has 1 amide bonds. The molecule has 1 saturated heterocycles. The molecule has 1 heterocycles. The van der Waals surface area contributed by atoms with Gasteiger partial charge >= 0.3 is 0 Å². The van der Waals surface area contributed by atoms with Gasteiger partial charge in [-0.05, 0) is 33.4 Å². The molecule has 2 unspecified atom stereocenters. The van der Waals surface area contributed by atoms with Crippen LogP contribution in [0.25, 0.3) is 0 Å². The van der Waals surface area contributed by atoms with Gasteiger partial charge in [-0.2, -0.15) is 0 Å². The Bertz CT molecular complexity index is 221. The minimum atomic E-state index is -0.401. The summed E-state index contributed by atoms with van der Waals surface area (Å²) in [5.74, 6) is 0.0822. The fraction of sp³-hybridized carbons (Fsp3) is 0.909. The summed E-state index contributed by atoms with van der Waals surface area (Å²) in [6.07, 6.45) is 2.04. The van der Waals surface area contributed by atoms with Gasteiger partial charge in [0.1, 0.15) is 5.38 Å². The summed E-state index contributed by atoms with van der Waals surface area (Å²) in [5, 5.41) is -0.401. The lowest BCUT2D eigenvalue weighted by Gasteiger charge is -2.31. The molecular weight excluding hydrogens is 212 g/mol. The van der Waals surface area contributed by atoms with Crippen molar-refractivity contribution in [2.24, 2.45) is 0 Å². The summed E-state index contributed by atoms with van der Waals surface area (Å²) in [5.41, 5.74) is 0. The van der Waals surface area contributed by atoms with Gasteiger partial charge in [0.2, 0.25) is 5.91 Å². The Labute approximate surface area is 97.4 Å². The number of rotatable bonds is 2. The predicted octanol–water partition coefficient (Wildman–Crippen LogP) is 1.56. The second-order valence-corrected chi connectivity index (χ2v) is 4.98. The Hall–Kier alpha value is -0.280. The zero-order chi connectivity index (χ0) is 11.4. The van der Waals surface area contributed by atoms with Crippen LogP contribution < -0.4 is 0 Å². The Morgan fingerprint density at radius 1 is 1.53 bits per heavy atom. The zero-order valence-corrected chi connectivity index (χ0v) is 10.6. The molecule has 0 aromatic rings. The largest absolute Gasteiger partial charge is 0.337 e. The molecule has 1 aliphatic heterocycles. The number of nitrogens with zero attached hydrogens (tertiary/aromatic N) is 2. The van der Waals surface area contributed by atoms with Crippen molar-refractivity contribution in [2.45, 2.75) is 38.1 Å². The van der Waals surface area contributed by atoms with Gasteiger partial charge in [0, 0.05) is 19.1 Å². The highest BCUT2D eigenvalue weighted by Gasteiger charge is 2.27. The number of halogens is 1. The molecule has 2 atom stereocenters. The van der Waals surface area contributed by atoms with Crippen LogP contribution in [0.4, 0.5) is 0 Å². The maximum Gasteiger partial charge on any atom is 0.240 e. The van der Waals surface area contributed by atoms with Gasteiger partial charge in [0.05, 0.1) is 0 Å². The zero-order valence-electron chi connectivity index (χ0n) is 9.87. The Balaban J connectivity index is 2.70. The van der Waals surface area contributed by atoms with E-state index in [9.17, 15) is 4.79 Å². The minimum Gasteiger partial charge on any atom is -0.337 e. The van der Waals surface area contributed by atoms with Crippen molar-refractivity contribution in [1.29, 1.82) is 0 Å². The van der Waals surface area contributed by atoms with E-state index in [4.69, 9.17) is 11.6 Å². The van der Waals surface area contributed by atoms with Crippen LogP contribution in [0.5, 0.6) is 0 Å². The summed E-state index contributed by atoms with van der Waals surface area (Å²) in [6.45, 7) is 6.76. The molecule has 1 rings (SSSR count). The van der Waals surface area contributed by atoms with Crippen LogP contribution in [0.1, 0.15) is 26.7 Å². The van der Waals surface area contributed by atoms with Gasteiger partial charge in [-0.3, -0.25) is 4.79 Å². The van der Waals surface area contributed by atoms with E-state index >= 15 is 0 Å². The highest BCUT2D eigenvalue weighted by molar-refractivity contribution is 6.30. The molecule has 0 aromatic heterocycles. The molecule has 15 heavy (non-hydrogen) atoms. The van der Waals surface area contributed by atoms with Crippen molar-refractivity contribution in [1.82, 2.24) is 9.80 Å². The summed E-state index contributed by atoms with van der Waals surface area (Å²) < 4.78 is 0. The normalized spacial score (nSPS) is 26.1. The molecule has 0 aliphatic carbocycles. The van der Waals surface area contributed by atoms with Crippen LogP contribution in [0.15, 0.2) is 0 Å². The van der Waals surface area contributed by atoms with E-state index in [1.165, 1.54) is 0 Å². The van der Waals surface area contributed by atoms with Gasteiger partial charge in [-0.15, -0.1) is 11.6 Å². The fourth-order valence-corrected chi connectivity index (χ4v) is 2.24. The SMILES string of the molecule is CCC1CN(C)CCCN1C(=O)C(C)Cl. The first-order valence-electron chi connectivity index (χ1n) is 5.69. The maximum atomic E-state index is 11.9. The number of carbonyl (C=O) groups excluding carboxylic acids is 1. The Morgan fingerprint density at radius 2 is 2.20 bits per heavy atom. The molecule has 88 valence electrons. The monoisotopic (exact) mass is 232 g/mol. The molecule has 0 N–H and O–H groups in total. The molecule has 1 fully saturated rings. The minimum absolute atomic E-state index is 0.0822. The van der Waals surface area contributed by atoms with Crippen LogP contribution in [0.2, 0.25) is 0 Å². The molecule has 3 nitrogen and oxygen atoms in total. The number of amides is 1. The number of alkyl halides is 1. The van der Waals surface area contributed by atoms with Crippen molar-refractivity contribution in [3.63, 3.8) is 0 Å². The van der Waals surface area contributed by atoms with Crippen molar-refractivity contribution in [2.75, 3.05) is 26.7 Å². The lowest BCUT2D eigenvalue weighted by Crippen LogP contribution is -2.46. The van der Waals surface area contributed by atoms with Gasteiger partial charge in [0.15, 0.2) is 0 Å². The summed E-state index contributed by atoms with van der Waals surface area (Å²) in [7, 11) is 2.11. The van der Waals surface area contributed by atoms with Crippen LogP contribution in [-0.4, -0.2) is 53.8 Å². The van der Waals surface area contributed by atoms with Gasteiger partial charge in [-0.1, -0.05) is 6.92 Å². The Kier molecular flexibility index (Phi) is 4.87. The average Bonchev–Trinajstić information content (AvgIpc) is 2.38. The van der Waals surface area contributed by atoms with Crippen LogP contribution >= 0.6 is 11.6 Å². The lowest BCUT2D eigenvalue weighted by atomic mass is 10.1. The second-order valence-electron chi connectivity index (χ2n) is 4.33. The first kappa shape index (κ1) is 12.8. The quantitative estimate of drug-likeness (QED) is 0.675. The van der Waals surface area contributed by atoms with Crippen molar-refractivity contribution in [3.05, 3.63) is 0 Å². The molecular formula is C11H21ClN2O. The highest BCUT2D eigenvalue weighted by atomic mass is 35.5. The summed E-state index contributed by atoms with van der Waals surface area (Å²) in [6, 6.07) is 0.325. The number of hydrogen-bond acceptors (Lipinski definition) is 2. The molecule has 0 bridgehead atoms. The van der Waals surface area contributed by atoms with Crippen molar-refractivity contribution in [3.8, 4) is 0 Å². The summed E-state index contributed by atoms with van der Waals surface area (Å²) >= 11 is 5.87. The van der Waals surface area contributed by atoms with Crippen molar-refractivity contribution >= 4 is 17.5 Å². The van der Waals surface area contributed by atoms with Gasteiger partial charge in [-0.25, -0.2) is 0 Å². The molecule has 1 aliphatic rings. The third-order valence-electron chi connectivity index (χ3n) is 3.00. The highest BCUT2D eigenvalue weighted by Crippen LogP contribution is 2.14. The molecule has 0 spiro atoms. The molecule has 4 heteroatoms. The van der Waals surface area contributed by atoms with Gasteiger partial charge in [0.25, 0.3) is 0 Å². The van der Waals surface area contributed by atoms with E-state index in [1.807, 2.05) is 4.90 Å². The van der Waals surface area contributed by atoms with Crippen LogP contribution in [0.3, 0.4) is 0 Å². The smallest absolute Gasteiger partial charge is 0.240 e. The van der Waals surface area contributed by atoms with E-state index in [0.717, 1.165) is 32.5 Å². The number of carbonyl (C=O) groups is 1. The first-order valence-corrected chi connectivity index (χ1v) is 6.13. The van der Waals surface area contributed by atoms with E-state index < -0.39 is 5.38 Å². The van der Waals surface area contributed by atoms with Crippen LogP contribution in [-0.2, 0) is 4.79 Å². The fourth-order valence-electron chi connectivity index (χ4n) is 2.11. The van der Waals surface area contributed by atoms with E-state index in [0.29, 0.717) is 6.04 Å². The van der Waals surface area contributed by atoms with E-state index in [2.05, 4.69) is 18.9 Å². The van der Waals surface area contributed by atoms with E-state index in [-0.39, 0.29) is 5.91 Å².